The summed E-state index contributed by atoms with van der Waals surface area (Å²) in [5.74, 6) is -3.65. The van der Waals surface area contributed by atoms with Crippen molar-refractivity contribution in [3.05, 3.63) is 47.1 Å². The largest absolute Gasteiger partial charge is 0.490 e. The smallest absolute Gasteiger partial charge is 0.480 e. The number of aliphatic carboxylic acids is 2. The fourth-order valence-corrected chi connectivity index (χ4v) is 2.11. The highest BCUT2D eigenvalue weighted by molar-refractivity contribution is 5.85. The maximum atomic E-state index is 12.1. The van der Waals surface area contributed by atoms with Crippen LogP contribution in [-0.2, 0) is 27.2 Å². The van der Waals surface area contributed by atoms with Crippen LogP contribution in [0.4, 0.5) is 13.2 Å². The van der Waals surface area contributed by atoms with Gasteiger partial charge in [-0.1, -0.05) is 5.16 Å². The van der Waals surface area contributed by atoms with Crippen LogP contribution < -0.4 is 5.32 Å². The third-order valence-electron chi connectivity index (χ3n) is 3.58. The standard InChI is InChI=1S/C15H17N3O4.C2HF3O2/c1-9-12(10(2)22-18-9)8-14(19)17-13(15(20)21)7-11-3-5-16-6-4-11;3-2(4,5)1(6)7/h3-6,13H,7-8H2,1-2H3,(H,17,19)(H,20,21);(H,6,7). The predicted octanol–water partition coefficient (Wildman–Crippen LogP) is 1.67. The highest BCUT2D eigenvalue weighted by Gasteiger charge is 2.38. The van der Waals surface area contributed by atoms with Gasteiger partial charge in [-0.15, -0.1) is 0 Å². The first-order valence-electron chi connectivity index (χ1n) is 8.04. The van der Waals surface area contributed by atoms with Crippen molar-refractivity contribution in [1.82, 2.24) is 15.5 Å². The molecular weight excluding hydrogens is 399 g/mol. The van der Waals surface area contributed by atoms with Gasteiger partial charge in [0, 0.05) is 24.4 Å². The molecule has 0 radical (unpaired) electrons. The van der Waals surface area contributed by atoms with E-state index in [1.165, 1.54) is 0 Å². The van der Waals surface area contributed by atoms with Crippen molar-refractivity contribution < 1.29 is 42.3 Å². The van der Waals surface area contributed by atoms with Crippen LogP contribution in [0, 0.1) is 13.8 Å². The second-order valence-electron chi connectivity index (χ2n) is 5.80. The summed E-state index contributed by atoms with van der Waals surface area (Å²) in [7, 11) is 0. The molecule has 0 saturated heterocycles. The van der Waals surface area contributed by atoms with E-state index in [4.69, 9.17) is 14.4 Å². The van der Waals surface area contributed by atoms with Crippen LogP contribution >= 0.6 is 0 Å². The minimum absolute atomic E-state index is 0.0429. The number of aryl methyl sites for hydroxylation is 2. The minimum atomic E-state index is -5.08. The van der Waals surface area contributed by atoms with Gasteiger partial charge in [0.15, 0.2) is 0 Å². The average molecular weight is 417 g/mol. The van der Waals surface area contributed by atoms with Gasteiger partial charge < -0.3 is 20.1 Å². The average Bonchev–Trinajstić information content (AvgIpc) is 2.93. The zero-order valence-electron chi connectivity index (χ0n) is 15.4. The molecule has 0 aliphatic heterocycles. The molecule has 0 bridgehead atoms. The number of aromatic nitrogens is 2. The molecule has 1 atom stereocenters. The summed E-state index contributed by atoms with van der Waals surface area (Å²) in [4.78, 5) is 36.1. The summed E-state index contributed by atoms with van der Waals surface area (Å²) in [6.45, 7) is 3.46. The molecule has 3 N–H and O–H groups in total. The van der Waals surface area contributed by atoms with Gasteiger partial charge in [0.2, 0.25) is 5.91 Å². The Morgan fingerprint density at radius 2 is 1.72 bits per heavy atom. The number of alkyl halides is 3. The summed E-state index contributed by atoms with van der Waals surface area (Å²) in [5.41, 5.74) is 2.11. The number of hydrogen-bond acceptors (Lipinski definition) is 6. The number of carboxylic acid groups (broad SMARTS) is 2. The number of amides is 1. The topological polar surface area (TPSA) is 143 Å². The maximum absolute atomic E-state index is 12.1. The Bertz CT molecular complexity index is 832. The second kappa shape index (κ2) is 10.2. The first kappa shape index (κ1) is 23.6. The van der Waals surface area contributed by atoms with Crippen molar-refractivity contribution in [3.8, 4) is 0 Å². The van der Waals surface area contributed by atoms with Crippen LogP contribution in [0.15, 0.2) is 29.0 Å². The molecule has 2 rings (SSSR count). The van der Waals surface area contributed by atoms with Crippen LogP contribution in [-0.4, -0.2) is 50.4 Å². The molecule has 2 aromatic heterocycles. The highest BCUT2D eigenvalue weighted by atomic mass is 19.4. The molecule has 0 fully saturated rings. The molecule has 9 nitrogen and oxygen atoms in total. The van der Waals surface area contributed by atoms with Gasteiger partial charge in [-0.3, -0.25) is 9.78 Å². The van der Waals surface area contributed by atoms with Gasteiger partial charge in [-0.2, -0.15) is 13.2 Å². The Morgan fingerprint density at radius 3 is 2.14 bits per heavy atom. The van der Waals surface area contributed by atoms with Crippen molar-refractivity contribution in [1.29, 1.82) is 0 Å². The van der Waals surface area contributed by atoms with Crippen LogP contribution in [0.5, 0.6) is 0 Å². The lowest BCUT2D eigenvalue weighted by Gasteiger charge is -2.14. The number of carbonyl (C=O) groups is 3. The van der Waals surface area contributed by atoms with E-state index in [9.17, 15) is 27.9 Å². The molecule has 2 heterocycles. The molecule has 12 heteroatoms. The van der Waals surface area contributed by atoms with Crippen molar-refractivity contribution in [3.63, 3.8) is 0 Å². The molecule has 158 valence electrons. The van der Waals surface area contributed by atoms with E-state index < -0.39 is 24.2 Å². The quantitative estimate of drug-likeness (QED) is 0.644. The number of pyridine rings is 1. The first-order chi connectivity index (χ1) is 13.4. The van der Waals surface area contributed by atoms with Crippen LogP contribution in [0.25, 0.3) is 0 Å². The molecule has 0 saturated carbocycles. The molecule has 2 aromatic rings. The zero-order chi connectivity index (χ0) is 22.2. The summed E-state index contributed by atoms with van der Waals surface area (Å²) in [6.07, 6.45) is -1.67. The summed E-state index contributed by atoms with van der Waals surface area (Å²) < 4.78 is 36.7. The van der Waals surface area contributed by atoms with Crippen LogP contribution in [0.1, 0.15) is 22.6 Å². The summed E-state index contributed by atoms with van der Waals surface area (Å²) in [6, 6.07) is 2.45. The van der Waals surface area contributed by atoms with Crippen molar-refractivity contribution in [2.24, 2.45) is 0 Å². The van der Waals surface area contributed by atoms with Gasteiger partial charge in [0.1, 0.15) is 11.8 Å². The molecule has 1 unspecified atom stereocenters. The molecule has 29 heavy (non-hydrogen) atoms. The number of carbonyl (C=O) groups excluding carboxylic acids is 1. The third-order valence-corrected chi connectivity index (χ3v) is 3.58. The van der Waals surface area contributed by atoms with E-state index in [0.717, 1.165) is 5.56 Å². The van der Waals surface area contributed by atoms with Gasteiger partial charge in [-0.25, -0.2) is 9.59 Å². The fraction of sp³-hybridized carbons (Fsp3) is 0.353. The second-order valence-corrected chi connectivity index (χ2v) is 5.80. The number of carboxylic acids is 2. The Kier molecular flexibility index (Phi) is 8.30. The Balaban J connectivity index is 0.000000516. The fourth-order valence-electron chi connectivity index (χ4n) is 2.11. The lowest BCUT2D eigenvalue weighted by atomic mass is 10.1. The summed E-state index contributed by atoms with van der Waals surface area (Å²) >= 11 is 0. The molecule has 0 aliphatic carbocycles. The summed E-state index contributed by atoms with van der Waals surface area (Å²) in [5, 5.41) is 22.7. The number of nitrogens with one attached hydrogen (secondary N) is 1. The van der Waals surface area contributed by atoms with E-state index >= 15 is 0 Å². The molecule has 0 spiro atoms. The lowest BCUT2D eigenvalue weighted by molar-refractivity contribution is -0.192. The normalized spacial score (nSPS) is 11.8. The number of nitrogens with zero attached hydrogens (tertiary/aromatic N) is 2. The minimum Gasteiger partial charge on any atom is -0.480 e. The van der Waals surface area contributed by atoms with Crippen molar-refractivity contribution >= 4 is 17.8 Å². The van der Waals surface area contributed by atoms with E-state index in [2.05, 4.69) is 15.5 Å². The van der Waals surface area contributed by atoms with E-state index in [1.54, 1.807) is 38.4 Å². The Labute approximate surface area is 162 Å². The monoisotopic (exact) mass is 417 g/mol. The highest BCUT2D eigenvalue weighted by Crippen LogP contribution is 2.13. The molecule has 1 amide bonds. The van der Waals surface area contributed by atoms with E-state index in [0.29, 0.717) is 17.0 Å². The molecule has 0 aliphatic rings. The predicted molar refractivity (Wildman–Crippen MR) is 90.9 cm³/mol. The van der Waals surface area contributed by atoms with Gasteiger partial charge in [-0.05, 0) is 31.5 Å². The SMILES string of the molecule is Cc1noc(C)c1CC(=O)NC(Cc1ccncc1)C(=O)O.O=C(O)C(F)(F)F. The van der Waals surface area contributed by atoms with Gasteiger partial charge in [0.05, 0.1) is 12.1 Å². The maximum Gasteiger partial charge on any atom is 0.490 e. The number of halogens is 3. The molecule has 0 aromatic carbocycles. The lowest BCUT2D eigenvalue weighted by Crippen LogP contribution is -2.43. The number of hydrogen-bond donors (Lipinski definition) is 3. The van der Waals surface area contributed by atoms with Crippen molar-refractivity contribution in [2.45, 2.75) is 38.9 Å². The van der Waals surface area contributed by atoms with Crippen LogP contribution in [0.2, 0.25) is 0 Å². The third kappa shape index (κ3) is 7.99. The van der Waals surface area contributed by atoms with Gasteiger partial charge >= 0.3 is 18.1 Å². The number of rotatable bonds is 6. The Hall–Kier alpha value is -3.44. The zero-order valence-corrected chi connectivity index (χ0v) is 15.4. The Morgan fingerprint density at radius 1 is 1.17 bits per heavy atom. The van der Waals surface area contributed by atoms with Crippen LogP contribution in [0.3, 0.4) is 0 Å². The molecular formula is C17H18F3N3O6. The van der Waals surface area contributed by atoms with Crippen molar-refractivity contribution in [2.75, 3.05) is 0 Å². The van der Waals surface area contributed by atoms with E-state index in [-0.39, 0.29) is 18.7 Å². The van der Waals surface area contributed by atoms with E-state index in [1.807, 2.05) is 0 Å². The first-order valence-corrected chi connectivity index (χ1v) is 8.04. The van der Waals surface area contributed by atoms with Gasteiger partial charge in [0.25, 0.3) is 0 Å².